The summed E-state index contributed by atoms with van der Waals surface area (Å²) in [6.07, 6.45) is 1.87. The highest BCUT2D eigenvalue weighted by Gasteiger charge is 2.23. The van der Waals surface area contributed by atoms with Crippen LogP contribution in [0.2, 0.25) is 0 Å². The fraction of sp³-hybridized carbons (Fsp3) is 0.421. The van der Waals surface area contributed by atoms with Crippen LogP contribution in [0.25, 0.3) is 0 Å². The molecule has 1 amide bonds. The summed E-state index contributed by atoms with van der Waals surface area (Å²) in [6.45, 7) is 7.45. The Morgan fingerprint density at radius 3 is 2.79 bits per heavy atom. The van der Waals surface area contributed by atoms with E-state index in [1.54, 1.807) is 6.07 Å². The summed E-state index contributed by atoms with van der Waals surface area (Å²) in [5, 5.41) is 3.25. The lowest BCUT2D eigenvalue weighted by Crippen LogP contribution is -2.36. The van der Waals surface area contributed by atoms with Gasteiger partial charge in [0.2, 0.25) is 5.95 Å². The standard InChI is InChI=1S/C19H24N4O/c1-4-13(2)20-19-21-14(3)11-17(22-19)18(24)23-10-9-15-7-5-6-8-16(15)12-23/h5-8,11,13H,4,9-10,12H2,1-3H3,(H,20,21,22). The smallest absolute Gasteiger partial charge is 0.272 e. The second kappa shape index (κ2) is 6.99. The van der Waals surface area contributed by atoms with Crippen molar-refractivity contribution < 1.29 is 4.79 Å². The molecule has 0 fully saturated rings. The molecule has 24 heavy (non-hydrogen) atoms. The predicted octanol–water partition coefficient (Wildman–Crippen LogP) is 3.19. The molecule has 1 unspecified atom stereocenters. The first-order valence-corrected chi connectivity index (χ1v) is 8.55. The molecular formula is C19H24N4O. The van der Waals surface area contributed by atoms with Crippen molar-refractivity contribution in [2.75, 3.05) is 11.9 Å². The third-order valence-electron chi connectivity index (χ3n) is 4.48. The van der Waals surface area contributed by atoms with Crippen LogP contribution in [0.5, 0.6) is 0 Å². The molecule has 0 aliphatic carbocycles. The molecule has 2 heterocycles. The van der Waals surface area contributed by atoms with Crippen molar-refractivity contribution in [2.45, 2.75) is 46.2 Å². The maximum Gasteiger partial charge on any atom is 0.272 e. The molecule has 5 heteroatoms. The van der Waals surface area contributed by atoms with E-state index in [0.717, 1.165) is 25.1 Å². The first-order chi connectivity index (χ1) is 11.6. The van der Waals surface area contributed by atoms with Gasteiger partial charge in [0, 0.05) is 24.8 Å². The fourth-order valence-electron chi connectivity index (χ4n) is 2.90. The van der Waals surface area contributed by atoms with E-state index in [1.165, 1.54) is 11.1 Å². The monoisotopic (exact) mass is 324 g/mol. The van der Waals surface area contributed by atoms with Crippen LogP contribution in [0.3, 0.4) is 0 Å². The van der Waals surface area contributed by atoms with Gasteiger partial charge >= 0.3 is 0 Å². The number of fused-ring (bicyclic) bond motifs is 1. The fourth-order valence-corrected chi connectivity index (χ4v) is 2.90. The zero-order chi connectivity index (χ0) is 17.1. The minimum atomic E-state index is -0.0257. The number of hydrogen-bond acceptors (Lipinski definition) is 4. The first kappa shape index (κ1) is 16.4. The zero-order valence-corrected chi connectivity index (χ0v) is 14.5. The number of rotatable bonds is 4. The van der Waals surface area contributed by atoms with Gasteiger partial charge in [-0.2, -0.15) is 0 Å². The summed E-state index contributed by atoms with van der Waals surface area (Å²) < 4.78 is 0. The van der Waals surface area contributed by atoms with Crippen molar-refractivity contribution in [3.05, 3.63) is 52.8 Å². The van der Waals surface area contributed by atoms with E-state index in [4.69, 9.17) is 0 Å². The van der Waals surface area contributed by atoms with E-state index >= 15 is 0 Å². The largest absolute Gasteiger partial charge is 0.352 e. The number of amides is 1. The van der Waals surface area contributed by atoms with Gasteiger partial charge in [-0.3, -0.25) is 4.79 Å². The topological polar surface area (TPSA) is 58.1 Å². The van der Waals surface area contributed by atoms with Crippen LogP contribution in [0.4, 0.5) is 5.95 Å². The number of nitrogens with zero attached hydrogens (tertiary/aromatic N) is 3. The van der Waals surface area contributed by atoms with E-state index in [1.807, 2.05) is 17.9 Å². The van der Waals surface area contributed by atoms with Crippen LogP contribution in [0, 0.1) is 6.92 Å². The van der Waals surface area contributed by atoms with Gasteiger partial charge in [0.15, 0.2) is 0 Å². The van der Waals surface area contributed by atoms with Crippen molar-refractivity contribution in [1.29, 1.82) is 0 Å². The van der Waals surface area contributed by atoms with E-state index in [9.17, 15) is 4.79 Å². The van der Waals surface area contributed by atoms with Crippen molar-refractivity contribution >= 4 is 11.9 Å². The normalized spacial score (nSPS) is 14.9. The predicted molar refractivity (Wildman–Crippen MR) is 95.0 cm³/mol. The Kier molecular flexibility index (Phi) is 4.79. The molecular weight excluding hydrogens is 300 g/mol. The minimum absolute atomic E-state index is 0.0257. The lowest BCUT2D eigenvalue weighted by molar-refractivity contribution is 0.0728. The molecule has 1 N–H and O–H groups in total. The Morgan fingerprint density at radius 1 is 1.29 bits per heavy atom. The number of nitrogens with one attached hydrogen (secondary N) is 1. The highest BCUT2D eigenvalue weighted by molar-refractivity contribution is 5.92. The number of aryl methyl sites for hydroxylation is 1. The highest BCUT2D eigenvalue weighted by Crippen LogP contribution is 2.20. The quantitative estimate of drug-likeness (QED) is 0.938. The number of carbonyl (C=O) groups is 1. The summed E-state index contributed by atoms with van der Waals surface area (Å²) in [4.78, 5) is 23.6. The molecule has 0 bridgehead atoms. The molecule has 1 aliphatic heterocycles. The maximum atomic E-state index is 12.9. The number of hydrogen-bond donors (Lipinski definition) is 1. The van der Waals surface area contributed by atoms with Gasteiger partial charge in [-0.15, -0.1) is 0 Å². The van der Waals surface area contributed by atoms with Gasteiger partial charge in [0.25, 0.3) is 5.91 Å². The summed E-state index contributed by atoms with van der Waals surface area (Å²) >= 11 is 0. The van der Waals surface area contributed by atoms with Crippen molar-refractivity contribution in [1.82, 2.24) is 14.9 Å². The van der Waals surface area contributed by atoms with Crippen molar-refractivity contribution in [3.63, 3.8) is 0 Å². The van der Waals surface area contributed by atoms with Crippen LogP contribution < -0.4 is 5.32 Å². The molecule has 2 aromatic rings. The van der Waals surface area contributed by atoms with E-state index in [0.29, 0.717) is 18.2 Å². The van der Waals surface area contributed by atoms with Gasteiger partial charge in [-0.1, -0.05) is 31.2 Å². The summed E-state index contributed by atoms with van der Waals surface area (Å²) in [5.41, 5.74) is 3.82. The lowest BCUT2D eigenvalue weighted by atomic mass is 10.00. The zero-order valence-electron chi connectivity index (χ0n) is 14.5. The van der Waals surface area contributed by atoms with Crippen LogP contribution in [-0.4, -0.2) is 33.4 Å². The summed E-state index contributed by atoms with van der Waals surface area (Å²) in [5.74, 6) is 0.507. The molecule has 5 nitrogen and oxygen atoms in total. The summed E-state index contributed by atoms with van der Waals surface area (Å²) in [7, 11) is 0. The summed E-state index contributed by atoms with van der Waals surface area (Å²) in [6, 6.07) is 10.4. The van der Waals surface area contributed by atoms with Gasteiger partial charge in [0.05, 0.1) is 0 Å². The Morgan fingerprint density at radius 2 is 2.04 bits per heavy atom. The molecule has 3 rings (SSSR count). The van der Waals surface area contributed by atoms with Crippen LogP contribution >= 0.6 is 0 Å². The molecule has 0 radical (unpaired) electrons. The van der Waals surface area contributed by atoms with Crippen molar-refractivity contribution in [2.24, 2.45) is 0 Å². The number of benzene rings is 1. The third-order valence-corrected chi connectivity index (χ3v) is 4.48. The van der Waals surface area contributed by atoms with Crippen LogP contribution in [0.15, 0.2) is 30.3 Å². The third kappa shape index (κ3) is 3.55. The second-order valence-corrected chi connectivity index (χ2v) is 6.42. The number of carbonyl (C=O) groups excluding carboxylic acids is 1. The van der Waals surface area contributed by atoms with Crippen LogP contribution in [0.1, 0.15) is 47.6 Å². The Bertz CT molecular complexity index is 744. The minimum Gasteiger partial charge on any atom is -0.352 e. The average molecular weight is 324 g/mol. The molecule has 0 spiro atoms. The average Bonchev–Trinajstić information content (AvgIpc) is 2.60. The molecule has 1 aliphatic rings. The number of aromatic nitrogens is 2. The Labute approximate surface area is 143 Å². The Hall–Kier alpha value is -2.43. The van der Waals surface area contributed by atoms with E-state index in [-0.39, 0.29) is 11.9 Å². The first-order valence-electron chi connectivity index (χ1n) is 8.55. The molecule has 1 aromatic carbocycles. The van der Waals surface area contributed by atoms with E-state index < -0.39 is 0 Å². The SMILES string of the molecule is CCC(C)Nc1nc(C)cc(C(=O)N2CCc3ccccc3C2)n1. The second-order valence-electron chi connectivity index (χ2n) is 6.42. The lowest BCUT2D eigenvalue weighted by Gasteiger charge is -2.28. The number of anilines is 1. The van der Waals surface area contributed by atoms with Gasteiger partial charge in [-0.25, -0.2) is 9.97 Å². The van der Waals surface area contributed by atoms with Gasteiger partial charge < -0.3 is 10.2 Å². The molecule has 126 valence electrons. The van der Waals surface area contributed by atoms with Gasteiger partial charge in [-0.05, 0) is 43.9 Å². The highest BCUT2D eigenvalue weighted by atomic mass is 16.2. The molecule has 1 aromatic heterocycles. The Balaban J connectivity index is 1.80. The molecule has 1 atom stereocenters. The van der Waals surface area contributed by atoms with Crippen LogP contribution in [-0.2, 0) is 13.0 Å². The van der Waals surface area contributed by atoms with Crippen molar-refractivity contribution in [3.8, 4) is 0 Å². The maximum absolute atomic E-state index is 12.9. The van der Waals surface area contributed by atoms with E-state index in [2.05, 4.69) is 47.3 Å². The molecule has 0 saturated carbocycles. The molecule has 0 saturated heterocycles. The van der Waals surface area contributed by atoms with Gasteiger partial charge in [0.1, 0.15) is 5.69 Å².